The molecule has 1 aliphatic heterocycles. The number of piperidine rings is 1. The van der Waals surface area contributed by atoms with E-state index in [0.29, 0.717) is 29.7 Å². The van der Waals surface area contributed by atoms with Crippen molar-refractivity contribution in [2.75, 3.05) is 18.8 Å². The van der Waals surface area contributed by atoms with Crippen LogP contribution in [0.2, 0.25) is 0 Å². The Bertz CT molecular complexity index is 649. The van der Waals surface area contributed by atoms with Crippen LogP contribution in [0.25, 0.3) is 0 Å². The summed E-state index contributed by atoms with van der Waals surface area (Å²) in [4.78, 5) is 27.5. The minimum Gasteiger partial charge on any atom is -0.353 e. The molecule has 1 aromatic rings. The van der Waals surface area contributed by atoms with Crippen LogP contribution in [0.5, 0.6) is 0 Å². The molecule has 1 heterocycles. The largest absolute Gasteiger partial charge is 0.353 e. The fourth-order valence-corrected chi connectivity index (χ4v) is 4.83. The van der Waals surface area contributed by atoms with E-state index >= 15 is 0 Å². The van der Waals surface area contributed by atoms with Crippen LogP contribution in [0.3, 0.4) is 0 Å². The van der Waals surface area contributed by atoms with E-state index in [1.54, 1.807) is 18.2 Å². The fraction of sp³-hybridized carbons (Fsp3) is 0.619. The molecule has 0 bridgehead atoms. The Labute approximate surface area is 165 Å². The van der Waals surface area contributed by atoms with Crippen molar-refractivity contribution in [1.29, 1.82) is 0 Å². The van der Waals surface area contributed by atoms with Crippen LogP contribution in [-0.2, 0) is 9.59 Å². The second kappa shape index (κ2) is 10.1. The maximum Gasteiger partial charge on any atom is 0.225 e. The highest BCUT2D eigenvalue weighted by molar-refractivity contribution is 7.99. The second-order valence-electron chi connectivity index (χ2n) is 7.55. The molecule has 1 saturated carbocycles. The predicted octanol–water partition coefficient (Wildman–Crippen LogP) is 4.00. The normalized spacial score (nSPS) is 21.1. The number of rotatable bonds is 6. The molecule has 1 aliphatic carbocycles. The number of benzene rings is 1. The van der Waals surface area contributed by atoms with Crippen LogP contribution in [0.1, 0.15) is 51.4 Å². The average molecular weight is 393 g/mol. The minimum atomic E-state index is -0.243. The Morgan fingerprint density at radius 3 is 2.67 bits per heavy atom. The van der Waals surface area contributed by atoms with E-state index in [2.05, 4.69) is 5.32 Å². The number of likely N-dealkylation sites (tertiary alicyclic amines) is 1. The molecule has 1 N–H and O–H groups in total. The number of nitrogens with one attached hydrogen (secondary N) is 1. The molecule has 2 amide bonds. The third-order valence-electron chi connectivity index (χ3n) is 5.51. The first-order valence-corrected chi connectivity index (χ1v) is 11.1. The Morgan fingerprint density at radius 1 is 1.11 bits per heavy atom. The number of hydrogen-bond donors (Lipinski definition) is 1. The van der Waals surface area contributed by atoms with Crippen LogP contribution in [0.4, 0.5) is 4.39 Å². The molecule has 1 saturated heterocycles. The van der Waals surface area contributed by atoms with Gasteiger partial charge in [0.05, 0.1) is 5.92 Å². The molecular weight excluding hydrogens is 363 g/mol. The monoisotopic (exact) mass is 392 g/mol. The van der Waals surface area contributed by atoms with Gasteiger partial charge in [0.15, 0.2) is 0 Å². The molecule has 4 nitrogen and oxygen atoms in total. The lowest BCUT2D eigenvalue weighted by Crippen LogP contribution is -2.48. The van der Waals surface area contributed by atoms with E-state index in [1.807, 2.05) is 4.90 Å². The maximum absolute atomic E-state index is 13.6. The van der Waals surface area contributed by atoms with E-state index in [1.165, 1.54) is 37.1 Å². The van der Waals surface area contributed by atoms with E-state index < -0.39 is 0 Å². The van der Waals surface area contributed by atoms with Crippen LogP contribution in [0, 0.1) is 11.7 Å². The first kappa shape index (κ1) is 20.2. The zero-order valence-corrected chi connectivity index (χ0v) is 16.6. The highest BCUT2D eigenvalue weighted by Gasteiger charge is 2.29. The van der Waals surface area contributed by atoms with Crippen molar-refractivity contribution in [3.8, 4) is 0 Å². The highest BCUT2D eigenvalue weighted by atomic mass is 32.2. The lowest BCUT2D eigenvalue weighted by molar-refractivity contribution is -0.135. The Kier molecular flexibility index (Phi) is 7.56. The van der Waals surface area contributed by atoms with Gasteiger partial charge in [-0.15, -0.1) is 11.8 Å². The van der Waals surface area contributed by atoms with E-state index in [9.17, 15) is 14.0 Å². The molecule has 1 aromatic carbocycles. The molecule has 6 heteroatoms. The summed E-state index contributed by atoms with van der Waals surface area (Å²) in [7, 11) is 0. The number of halogens is 1. The summed E-state index contributed by atoms with van der Waals surface area (Å²) in [5, 5.41) is 3.20. The van der Waals surface area contributed by atoms with Crippen LogP contribution >= 0.6 is 11.8 Å². The maximum atomic E-state index is 13.6. The molecule has 2 aliphatic rings. The molecule has 27 heavy (non-hydrogen) atoms. The number of carbonyl (C=O) groups is 2. The molecule has 1 unspecified atom stereocenters. The van der Waals surface area contributed by atoms with Gasteiger partial charge in [0.25, 0.3) is 0 Å². The number of nitrogens with zero attached hydrogens (tertiary/aromatic N) is 1. The predicted molar refractivity (Wildman–Crippen MR) is 106 cm³/mol. The van der Waals surface area contributed by atoms with E-state index in [-0.39, 0.29) is 23.5 Å². The van der Waals surface area contributed by atoms with Gasteiger partial charge in [0.1, 0.15) is 5.82 Å². The molecule has 1 atom stereocenters. The van der Waals surface area contributed by atoms with Crippen molar-refractivity contribution < 1.29 is 14.0 Å². The molecule has 3 rings (SSSR count). The molecule has 148 valence electrons. The van der Waals surface area contributed by atoms with Crippen molar-refractivity contribution >= 4 is 23.6 Å². The summed E-state index contributed by atoms with van der Waals surface area (Å²) in [5.74, 6) is 0.389. The molecule has 0 radical (unpaired) electrons. The lowest BCUT2D eigenvalue weighted by atomic mass is 9.93. The SMILES string of the molecule is O=C(NC1CCCCC1)C1CCCN(C(=O)CCSc2ccccc2F)C1. The minimum absolute atomic E-state index is 0.0639. The smallest absolute Gasteiger partial charge is 0.225 e. The summed E-state index contributed by atoms with van der Waals surface area (Å²) in [6, 6.07) is 6.94. The molecular formula is C21H29FN2O2S. The van der Waals surface area contributed by atoms with Gasteiger partial charge in [-0.3, -0.25) is 9.59 Å². The summed E-state index contributed by atoms with van der Waals surface area (Å²) in [6.07, 6.45) is 7.91. The third kappa shape index (κ3) is 5.96. The van der Waals surface area contributed by atoms with Crippen LogP contribution in [-0.4, -0.2) is 41.6 Å². The summed E-state index contributed by atoms with van der Waals surface area (Å²) >= 11 is 1.37. The van der Waals surface area contributed by atoms with Crippen LogP contribution in [0.15, 0.2) is 29.2 Å². The van der Waals surface area contributed by atoms with Gasteiger partial charge < -0.3 is 10.2 Å². The van der Waals surface area contributed by atoms with Gasteiger partial charge in [0, 0.05) is 36.2 Å². The van der Waals surface area contributed by atoms with Crippen molar-refractivity contribution in [1.82, 2.24) is 10.2 Å². The van der Waals surface area contributed by atoms with Crippen LogP contribution < -0.4 is 5.32 Å². The first-order valence-electron chi connectivity index (χ1n) is 10.1. The number of hydrogen-bond acceptors (Lipinski definition) is 3. The lowest BCUT2D eigenvalue weighted by Gasteiger charge is -2.33. The average Bonchev–Trinajstić information content (AvgIpc) is 2.70. The van der Waals surface area contributed by atoms with Crippen molar-refractivity contribution in [3.05, 3.63) is 30.1 Å². The Morgan fingerprint density at radius 2 is 1.89 bits per heavy atom. The molecule has 0 spiro atoms. The highest BCUT2D eigenvalue weighted by Crippen LogP contribution is 2.24. The van der Waals surface area contributed by atoms with Gasteiger partial charge in [-0.25, -0.2) is 4.39 Å². The molecule has 2 fully saturated rings. The first-order chi connectivity index (χ1) is 13.1. The van der Waals surface area contributed by atoms with E-state index in [4.69, 9.17) is 0 Å². The standard InChI is InChI=1S/C21H29FN2O2S/c22-18-10-4-5-11-19(18)27-14-12-20(25)24-13-6-7-16(15-24)21(26)23-17-8-2-1-3-9-17/h4-5,10-11,16-17H,1-3,6-9,12-15H2,(H,23,26). The Hall–Kier alpha value is -1.56. The topological polar surface area (TPSA) is 49.4 Å². The van der Waals surface area contributed by atoms with Gasteiger partial charge in [0.2, 0.25) is 11.8 Å². The van der Waals surface area contributed by atoms with Gasteiger partial charge in [-0.05, 0) is 37.8 Å². The number of carbonyl (C=O) groups excluding carboxylic acids is 2. The van der Waals surface area contributed by atoms with Crippen molar-refractivity contribution in [2.45, 2.75) is 62.3 Å². The van der Waals surface area contributed by atoms with Crippen molar-refractivity contribution in [3.63, 3.8) is 0 Å². The number of thioether (sulfide) groups is 1. The van der Waals surface area contributed by atoms with Crippen molar-refractivity contribution in [2.24, 2.45) is 5.92 Å². The quantitative estimate of drug-likeness (QED) is 0.745. The van der Waals surface area contributed by atoms with Gasteiger partial charge >= 0.3 is 0 Å². The zero-order chi connectivity index (χ0) is 19.1. The summed E-state index contributed by atoms with van der Waals surface area (Å²) in [6.45, 7) is 1.23. The van der Waals surface area contributed by atoms with Gasteiger partial charge in [-0.2, -0.15) is 0 Å². The second-order valence-corrected chi connectivity index (χ2v) is 8.69. The van der Waals surface area contributed by atoms with E-state index in [0.717, 1.165) is 32.2 Å². The third-order valence-corrected chi connectivity index (χ3v) is 6.56. The summed E-state index contributed by atoms with van der Waals surface area (Å²) in [5.41, 5.74) is 0. The Balaban J connectivity index is 1.43. The molecule has 0 aromatic heterocycles. The van der Waals surface area contributed by atoms with Gasteiger partial charge in [-0.1, -0.05) is 31.4 Å². The zero-order valence-electron chi connectivity index (χ0n) is 15.8. The number of amides is 2. The fourth-order valence-electron chi connectivity index (χ4n) is 3.95. The summed E-state index contributed by atoms with van der Waals surface area (Å²) < 4.78 is 13.6.